The molecule has 0 saturated carbocycles. The van der Waals surface area contributed by atoms with E-state index in [1.54, 1.807) is 0 Å². The standard InChI is InChI=1S/C5H10O3/c1-5(2)3-6-8-7-4-5/h3-4H2,1-2H3. The average molecular weight is 118 g/mol. The second-order valence-corrected chi connectivity index (χ2v) is 2.76. The van der Waals surface area contributed by atoms with Crippen LogP contribution in [0.25, 0.3) is 0 Å². The summed E-state index contributed by atoms with van der Waals surface area (Å²) in [6, 6.07) is 0. The van der Waals surface area contributed by atoms with Gasteiger partial charge in [-0.05, 0) is 0 Å². The van der Waals surface area contributed by atoms with Crippen LogP contribution in [0.5, 0.6) is 0 Å². The molecule has 0 aromatic rings. The van der Waals surface area contributed by atoms with Gasteiger partial charge in [-0.15, -0.1) is 0 Å². The maximum absolute atomic E-state index is 4.56. The predicted molar refractivity (Wildman–Crippen MR) is 26.8 cm³/mol. The molecule has 0 aromatic heterocycles. The molecule has 1 fully saturated rings. The van der Waals surface area contributed by atoms with Gasteiger partial charge in [0.25, 0.3) is 0 Å². The van der Waals surface area contributed by atoms with Crippen molar-refractivity contribution in [3.05, 3.63) is 0 Å². The second kappa shape index (κ2) is 2.01. The third-order valence-electron chi connectivity index (χ3n) is 0.996. The Labute approximate surface area is 48.4 Å². The fourth-order valence-electron chi connectivity index (χ4n) is 0.443. The van der Waals surface area contributed by atoms with Crippen molar-refractivity contribution in [3.8, 4) is 0 Å². The Morgan fingerprint density at radius 3 is 1.88 bits per heavy atom. The molecule has 1 heterocycles. The Kier molecular flexibility index (Phi) is 1.51. The Morgan fingerprint density at radius 2 is 1.62 bits per heavy atom. The minimum atomic E-state index is 0.109. The first-order valence-electron chi connectivity index (χ1n) is 2.62. The van der Waals surface area contributed by atoms with E-state index in [2.05, 4.69) is 28.7 Å². The summed E-state index contributed by atoms with van der Waals surface area (Å²) in [6.07, 6.45) is 0. The molecule has 0 unspecified atom stereocenters. The first-order valence-corrected chi connectivity index (χ1v) is 2.62. The topological polar surface area (TPSA) is 27.7 Å². The fraction of sp³-hybridized carbons (Fsp3) is 1.00. The lowest BCUT2D eigenvalue weighted by atomic mass is 9.97. The van der Waals surface area contributed by atoms with E-state index in [0.717, 1.165) is 0 Å². The smallest absolute Gasteiger partial charge is 0.0927 e. The van der Waals surface area contributed by atoms with Gasteiger partial charge in [0.15, 0.2) is 0 Å². The average Bonchev–Trinajstić information content (AvgIpc) is 1.65. The highest BCUT2D eigenvalue weighted by Crippen LogP contribution is 2.19. The molecule has 0 atom stereocenters. The molecular weight excluding hydrogens is 108 g/mol. The van der Waals surface area contributed by atoms with E-state index in [1.807, 2.05) is 0 Å². The van der Waals surface area contributed by atoms with Crippen molar-refractivity contribution < 1.29 is 14.8 Å². The third-order valence-corrected chi connectivity index (χ3v) is 0.996. The molecule has 0 amide bonds. The van der Waals surface area contributed by atoms with Gasteiger partial charge in [0.1, 0.15) is 0 Å². The van der Waals surface area contributed by atoms with Crippen molar-refractivity contribution in [1.29, 1.82) is 0 Å². The highest BCUT2D eigenvalue weighted by molar-refractivity contribution is 4.65. The predicted octanol–water partition coefficient (Wildman–Crippen LogP) is 0.906. The highest BCUT2D eigenvalue weighted by atomic mass is 17.5. The molecule has 0 aromatic carbocycles. The van der Waals surface area contributed by atoms with Gasteiger partial charge in [-0.3, -0.25) is 0 Å². The first kappa shape index (κ1) is 6.01. The van der Waals surface area contributed by atoms with Crippen molar-refractivity contribution >= 4 is 0 Å². The summed E-state index contributed by atoms with van der Waals surface area (Å²) in [6.45, 7) is 5.31. The summed E-state index contributed by atoms with van der Waals surface area (Å²) < 4.78 is 0. The summed E-state index contributed by atoms with van der Waals surface area (Å²) in [5.74, 6) is 0. The molecule has 1 rings (SSSR count). The van der Waals surface area contributed by atoms with E-state index < -0.39 is 0 Å². The van der Waals surface area contributed by atoms with E-state index in [9.17, 15) is 0 Å². The SMILES string of the molecule is CC1(C)COOOC1. The summed E-state index contributed by atoms with van der Waals surface area (Å²) in [4.78, 5) is 9.12. The van der Waals surface area contributed by atoms with Crippen LogP contribution in [0.15, 0.2) is 0 Å². The molecule has 8 heavy (non-hydrogen) atoms. The molecule has 0 aliphatic carbocycles. The summed E-state index contributed by atoms with van der Waals surface area (Å²) >= 11 is 0. The summed E-state index contributed by atoms with van der Waals surface area (Å²) in [5, 5.41) is 4.21. The molecule has 0 spiro atoms. The normalized spacial score (nSPS) is 27.8. The van der Waals surface area contributed by atoms with E-state index >= 15 is 0 Å². The van der Waals surface area contributed by atoms with Crippen LogP contribution in [0.3, 0.4) is 0 Å². The van der Waals surface area contributed by atoms with Crippen molar-refractivity contribution in [3.63, 3.8) is 0 Å². The Hall–Kier alpha value is -0.120. The van der Waals surface area contributed by atoms with Crippen LogP contribution in [0.4, 0.5) is 0 Å². The molecular formula is C5H10O3. The maximum Gasteiger partial charge on any atom is 0.0927 e. The number of rotatable bonds is 0. The quantitative estimate of drug-likeness (QED) is 0.442. The zero-order chi connectivity index (χ0) is 6.04. The minimum absolute atomic E-state index is 0.109. The molecule has 0 radical (unpaired) electrons. The number of hydrogen-bond acceptors (Lipinski definition) is 3. The van der Waals surface area contributed by atoms with Gasteiger partial charge in [0.2, 0.25) is 0 Å². The fourth-order valence-corrected chi connectivity index (χ4v) is 0.443. The summed E-state index contributed by atoms with van der Waals surface area (Å²) in [5.41, 5.74) is 0.109. The largest absolute Gasteiger partial charge is 0.206 e. The summed E-state index contributed by atoms with van der Waals surface area (Å²) in [7, 11) is 0. The Bertz CT molecular complexity index is 71.7. The highest BCUT2D eigenvalue weighted by Gasteiger charge is 2.23. The lowest BCUT2D eigenvalue weighted by Crippen LogP contribution is -2.30. The van der Waals surface area contributed by atoms with Crippen molar-refractivity contribution in [1.82, 2.24) is 0 Å². The molecule has 1 aliphatic heterocycles. The van der Waals surface area contributed by atoms with Crippen LogP contribution in [0.2, 0.25) is 0 Å². The molecule has 3 nitrogen and oxygen atoms in total. The Balaban J connectivity index is 2.33. The van der Waals surface area contributed by atoms with Gasteiger partial charge in [-0.1, -0.05) is 18.9 Å². The minimum Gasteiger partial charge on any atom is -0.206 e. The maximum atomic E-state index is 4.56. The van der Waals surface area contributed by atoms with Crippen LogP contribution >= 0.6 is 0 Å². The number of hydrogen-bond donors (Lipinski definition) is 0. The lowest BCUT2D eigenvalue weighted by molar-refractivity contribution is -0.548. The van der Waals surface area contributed by atoms with Crippen LogP contribution in [-0.4, -0.2) is 13.2 Å². The zero-order valence-corrected chi connectivity index (χ0v) is 5.14. The van der Waals surface area contributed by atoms with Crippen LogP contribution in [0.1, 0.15) is 13.8 Å². The Morgan fingerprint density at radius 1 is 1.12 bits per heavy atom. The van der Waals surface area contributed by atoms with E-state index in [4.69, 9.17) is 0 Å². The van der Waals surface area contributed by atoms with E-state index in [1.165, 1.54) is 0 Å². The second-order valence-electron chi connectivity index (χ2n) is 2.76. The molecule has 1 saturated heterocycles. The van der Waals surface area contributed by atoms with Crippen molar-refractivity contribution in [2.45, 2.75) is 13.8 Å². The van der Waals surface area contributed by atoms with Gasteiger partial charge < -0.3 is 0 Å². The zero-order valence-electron chi connectivity index (χ0n) is 5.14. The molecule has 3 heteroatoms. The monoisotopic (exact) mass is 118 g/mol. The van der Waals surface area contributed by atoms with Gasteiger partial charge in [0, 0.05) is 5.41 Å². The molecule has 1 aliphatic rings. The third kappa shape index (κ3) is 1.43. The van der Waals surface area contributed by atoms with Crippen LogP contribution in [-0.2, 0) is 14.8 Å². The van der Waals surface area contributed by atoms with Gasteiger partial charge in [0.05, 0.1) is 13.2 Å². The first-order chi connectivity index (χ1) is 3.71. The van der Waals surface area contributed by atoms with Crippen LogP contribution < -0.4 is 0 Å². The molecule has 0 N–H and O–H groups in total. The van der Waals surface area contributed by atoms with Gasteiger partial charge in [-0.25, -0.2) is 9.78 Å². The van der Waals surface area contributed by atoms with E-state index in [-0.39, 0.29) is 5.41 Å². The van der Waals surface area contributed by atoms with Gasteiger partial charge >= 0.3 is 0 Å². The molecule has 0 bridgehead atoms. The van der Waals surface area contributed by atoms with Crippen LogP contribution in [0, 0.1) is 5.41 Å². The van der Waals surface area contributed by atoms with Crippen molar-refractivity contribution in [2.75, 3.05) is 13.2 Å². The van der Waals surface area contributed by atoms with Crippen molar-refractivity contribution in [2.24, 2.45) is 5.41 Å². The lowest BCUT2D eigenvalue weighted by Gasteiger charge is -2.25. The van der Waals surface area contributed by atoms with Gasteiger partial charge in [-0.2, -0.15) is 0 Å². The van der Waals surface area contributed by atoms with E-state index in [0.29, 0.717) is 13.2 Å². The molecule has 48 valence electrons.